The first-order valence-corrected chi connectivity index (χ1v) is 10.8. The van der Waals surface area contributed by atoms with Crippen LogP contribution < -0.4 is 15.4 Å². The Balaban J connectivity index is 0.00000364. The minimum Gasteiger partial charge on any atom is -0.355 e. The van der Waals surface area contributed by atoms with Crippen molar-refractivity contribution in [2.24, 2.45) is 4.99 Å². The van der Waals surface area contributed by atoms with E-state index in [4.69, 9.17) is 0 Å². The molecular formula is C16H32IN7O2S. The Morgan fingerprint density at radius 1 is 1.41 bits per heavy atom. The summed E-state index contributed by atoms with van der Waals surface area (Å²) < 4.78 is 27.5. The van der Waals surface area contributed by atoms with Gasteiger partial charge in [0.1, 0.15) is 5.82 Å². The van der Waals surface area contributed by atoms with Crippen molar-refractivity contribution in [3.8, 4) is 0 Å². The van der Waals surface area contributed by atoms with Crippen LogP contribution in [0.2, 0.25) is 0 Å². The Labute approximate surface area is 179 Å². The fourth-order valence-corrected chi connectivity index (χ4v) is 4.00. The van der Waals surface area contributed by atoms with Crippen LogP contribution >= 0.6 is 24.0 Å². The van der Waals surface area contributed by atoms with E-state index in [1.54, 1.807) is 7.05 Å². The van der Waals surface area contributed by atoms with Crippen molar-refractivity contribution in [3.63, 3.8) is 0 Å². The summed E-state index contributed by atoms with van der Waals surface area (Å²) in [5, 5.41) is 11.2. The van der Waals surface area contributed by atoms with Gasteiger partial charge in [0.05, 0.1) is 12.8 Å². The number of hydrogen-bond acceptors (Lipinski definition) is 5. The minimum absolute atomic E-state index is 0. The highest BCUT2D eigenvalue weighted by molar-refractivity contribution is 14.0. The summed E-state index contributed by atoms with van der Waals surface area (Å²) >= 11 is 0. The van der Waals surface area contributed by atoms with Gasteiger partial charge in [-0.25, -0.2) is 22.8 Å². The van der Waals surface area contributed by atoms with E-state index in [-0.39, 0.29) is 30.0 Å². The molecule has 1 aliphatic rings. The normalized spacial score (nSPS) is 18.0. The molecule has 0 saturated carbocycles. The summed E-state index contributed by atoms with van der Waals surface area (Å²) in [6.45, 7) is 8.98. The van der Waals surface area contributed by atoms with Gasteiger partial charge >= 0.3 is 0 Å². The largest absolute Gasteiger partial charge is 0.355 e. The number of halogens is 1. The highest BCUT2D eigenvalue weighted by atomic mass is 127. The van der Waals surface area contributed by atoms with E-state index in [1.807, 2.05) is 18.5 Å². The van der Waals surface area contributed by atoms with E-state index in [1.165, 1.54) is 0 Å². The van der Waals surface area contributed by atoms with Gasteiger partial charge in [0.2, 0.25) is 10.0 Å². The van der Waals surface area contributed by atoms with Crippen molar-refractivity contribution in [2.45, 2.75) is 64.6 Å². The molecule has 0 saturated heterocycles. The van der Waals surface area contributed by atoms with Gasteiger partial charge in [0.15, 0.2) is 11.8 Å². The van der Waals surface area contributed by atoms with Crippen molar-refractivity contribution < 1.29 is 8.42 Å². The Hall–Kier alpha value is -0.950. The van der Waals surface area contributed by atoms with E-state index < -0.39 is 15.6 Å². The molecule has 156 valence electrons. The molecule has 1 atom stereocenters. The number of nitrogens with zero attached hydrogens (tertiary/aromatic N) is 4. The topological polar surface area (TPSA) is 113 Å². The average molecular weight is 513 g/mol. The molecule has 3 N–H and O–H groups in total. The van der Waals surface area contributed by atoms with E-state index in [0.717, 1.165) is 37.3 Å². The molecule has 1 unspecified atom stereocenters. The number of fused-ring (bicyclic) bond motifs is 1. The Morgan fingerprint density at radius 3 is 2.63 bits per heavy atom. The molecule has 0 fully saturated rings. The van der Waals surface area contributed by atoms with Crippen LogP contribution in [0.3, 0.4) is 0 Å². The van der Waals surface area contributed by atoms with Crippen molar-refractivity contribution in [2.75, 3.05) is 19.8 Å². The van der Waals surface area contributed by atoms with Crippen LogP contribution in [0.5, 0.6) is 0 Å². The predicted molar refractivity (Wildman–Crippen MR) is 118 cm³/mol. The summed E-state index contributed by atoms with van der Waals surface area (Å²) in [4.78, 5) is 8.84. The SMILES string of the molecule is CN=C(NCC(C)(C)NS(C)(=O)=O)NC1CCc2nc(C(C)C)nn2C1.I. The second kappa shape index (κ2) is 9.50. The van der Waals surface area contributed by atoms with Gasteiger partial charge in [0.25, 0.3) is 0 Å². The standard InChI is InChI=1S/C16H31N7O2S.HI/c1-11(2)14-20-13-8-7-12(9-23(13)21-14)19-15(17-5)18-10-16(3,4)22-26(6,24)25;/h11-12,22H,7-10H2,1-6H3,(H2,17,18,19);1H. The van der Waals surface area contributed by atoms with Gasteiger partial charge in [-0.15, -0.1) is 24.0 Å². The minimum atomic E-state index is -3.27. The third-order valence-electron chi connectivity index (χ3n) is 4.11. The number of nitrogens with one attached hydrogen (secondary N) is 3. The second-order valence-electron chi connectivity index (χ2n) is 7.79. The lowest BCUT2D eigenvalue weighted by Crippen LogP contribution is -2.54. The van der Waals surface area contributed by atoms with Crippen LogP contribution in [0.15, 0.2) is 4.99 Å². The van der Waals surface area contributed by atoms with Gasteiger partial charge in [0, 0.05) is 37.5 Å². The quantitative estimate of drug-likeness (QED) is 0.295. The maximum Gasteiger partial charge on any atom is 0.209 e. The Kier molecular flexibility index (Phi) is 8.48. The molecule has 27 heavy (non-hydrogen) atoms. The van der Waals surface area contributed by atoms with Crippen LogP contribution in [0.4, 0.5) is 0 Å². The smallest absolute Gasteiger partial charge is 0.209 e. The predicted octanol–water partition coefficient (Wildman–Crippen LogP) is 0.827. The van der Waals surface area contributed by atoms with Crippen molar-refractivity contribution in [1.82, 2.24) is 30.1 Å². The summed E-state index contributed by atoms with van der Waals surface area (Å²) in [5.74, 6) is 2.88. The van der Waals surface area contributed by atoms with Crippen molar-refractivity contribution in [3.05, 3.63) is 11.6 Å². The number of hydrogen-bond donors (Lipinski definition) is 3. The zero-order valence-electron chi connectivity index (χ0n) is 16.9. The first-order valence-electron chi connectivity index (χ1n) is 8.89. The maximum atomic E-state index is 11.4. The molecule has 0 bridgehead atoms. The first-order chi connectivity index (χ1) is 12.0. The number of aromatic nitrogens is 3. The van der Waals surface area contributed by atoms with Crippen LogP contribution in [-0.2, 0) is 23.0 Å². The highest BCUT2D eigenvalue weighted by Gasteiger charge is 2.25. The fourth-order valence-electron chi connectivity index (χ4n) is 2.92. The summed E-state index contributed by atoms with van der Waals surface area (Å²) in [6, 6.07) is 0.196. The molecule has 1 aromatic rings. The summed E-state index contributed by atoms with van der Waals surface area (Å²) in [5.41, 5.74) is -0.622. The maximum absolute atomic E-state index is 11.4. The molecule has 2 heterocycles. The molecule has 11 heteroatoms. The molecule has 0 aromatic carbocycles. The number of guanidine groups is 1. The Morgan fingerprint density at radius 2 is 2.07 bits per heavy atom. The van der Waals surface area contributed by atoms with Crippen LogP contribution in [0.1, 0.15) is 51.7 Å². The van der Waals surface area contributed by atoms with E-state index in [2.05, 4.69) is 44.3 Å². The molecule has 0 amide bonds. The van der Waals surface area contributed by atoms with Gasteiger partial charge < -0.3 is 10.6 Å². The molecule has 0 radical (unpaired) electrons. The second-order valence-corrected chi connectivity index (χ2v) is 9.54. The van der Waals surface area contributed by atoms with Crippen LogP contribution in [0, 0.1) is 0 Å². The van der Waals surface area contributed by atoms with Gasteiger partial charge in [-0.2, -0.15) is 5.10 Å². The number of rotatable bonds is 6. The third-order valence-corrected chi connectivity index (χ3v) is 5.04. The van der Waals surface area contributed by atoms with E-state index in [9.17, 15) is 8.42 Å². The van der Waals surface area contributed by atoms with Crippen molar-refractivity contribution in [1.29, 1.82) is 0 Å². The highest BCUT2D eigenvalue weighted by Crippen LogP contribution is 2.17. The Bertz CT molecular complexity index is 759. The first kappa shape index (κ1) is 24.1. The number of aliphatic imine (C=N–C) groups is 1. The fraction of sp³-hybridized carbons (Fsp3) is 0.812. The lowest BCUT2D eigenvalue weighted by Gasteiger charge is -2.29. The summed E-state index contributed by atoms with van der Waals surface area (Å²) in [7, 11) is -1.57. The van der Waals surface area contributed by atoms with Gasteiger partial charge in [-0.1, -0.05) is 13.8 Å². The van der Waals surface area contributed by atoms with E-state index in [0.29, 0.717) is 18.4 Å². The lowest BCUT2D eigenvalue weighted by atomic mass is 10.1. The van der Waals surface area contributed by atoms with E-state index >= 15 is 0 Å². The van der Waals surface area contributed by atoms with Crippen LogP contribution in [0.25, 0.3) is 0 Å². The zero-order chi connectivity index (χ0) is 19.5. The third kappa shape index (κ3) is 7.53. The van der Waals surface area contributed by atoms with Crippen LogP contribution in [-0.4, -0.2) is 60.6 Å². The summed E-state index contributed by atoms with van der Waals surface area (Å²) in [6.07, 6.45) is 2.97. The molecule has 0 spiro atoms. The molecule has 1 aromatic heterocycles. The number of aryl methyl sites for hydroxylation is 1. The zero-order valence-corrected chi connectivity index (χ0v) is 20.1. The van der Waals surface area contributed by atoms with Gasteiger partial charge in [-0.05, 0) is 20.3 Å². The molecule has 9 nitrogen and oxygen atoms in total. The van der Waals surface area contributed by atoms with Crippen molar-refractivity contribution >= 4 is 40.0 Å². The van der Waals surface area contributed by atoms with Gasteiger partial charge in [-0.3, -0.25) is 4.99 Å². The molecule has 1 aliphatic heterocycles. The molecule has 2 rings (SSSR count). The number of sulfonamides is 1. The molecular weight excluding hydrogens is 481 g/mol. The lowest BCUT2D eigenvalue weighted by molar-refractivity contribution is 0.388. The molecule has 0 aliphatic carbocycles. The average Bonchev–Trinajstić information content (AvgIpc) is 2.92. The monoisotopic (exact) mass is 513 g/mol.